The fourth-order valence-corrected chi connectivity index (χ4v) is 2.84. The topological polar surface area (TPSA) is 46.3 Å². The Balaban J connectivity index is 4.22. The molecule has 1 amide bonds. The maximum Gasteiger partial charge on any atom is 0.239 e. The third kappa shape index (κ3) is 5.46. The quantitative estimate of drug-likeness (QED) is 0.724. The van der Waals surface area contributed by atoms with Gasteiger partial charge in [-0.3, -0.25) is 4.79 Å². The van der Waals surface area contributed by atoms with Crippen LogP contribution in [0.3, 0.4) is 0 Å². The molecule has 0 fully saturated rings. The predicted molar refractivity (Wildman–Crippen MR) is 76.2 cm³/mol. The van der Waals surface area contributed by atoms with Gasteiger partial charge >= 0.3 is 0 Å². The lowest BCUT2D eigenvalue weighted by Gasteiger charge is -2.29. The van der Waals surface area contributed by atoms with Crippen molar-refractivity contribution in [1.29, 1.82) is 0 Å². The van der Waals surface area contributed by atoms with Gasteiger partial charge in [-0.15, -0.1) is 0 Å². The smallest absolute Gasteiger partial charge is 0.239 e. The number of nitrogens with two attached hydrogens (primary N) is 1. The summed E-state index contributed by atoms with van der Waals surface area (Å²) in [7, 11) is 1.87. The Bertz CT molecular complexity index is 202. The largest absolute Gasteiger partial charge is 0.341 e. The van der Waals surface area contributed by atoms with Gasteiger partial charge in [0.1, 0.15) is 0 Å². The molecule has 96 valence electrons. The van der Waals surface area contributed by atoms with Gasteiger partial charge in [-0.1, -0.05) is 6.92 Å². The van der Waals surface area contributed by atoms with Crippen LogP contribution in [-0.4, -0.2) is 54.0 Å². The number of rotatable bonds is 8. The van der Waals surface area contributed by atoms with E-state index in [9.17, 15) is 4.79 Å². The highest BCUT2D eigenvalue weighted by Gasteiger charge is 2.22. The minimum Gasteiger partial charge on any atom is -0.341 e. The van der Waals surface area contributed by atoms with Gasteiger partial charge in [0.25, 0.3) is 0 Å². The average Bonchev–Trinajstić information content (AvgIpc) is 2.31. The molecular weight excluding hydrogens is 240 g/mol. The Kier molecular flexibility index (Phi) is 9.26. The Hall–Kier alpha value is 0.130. The van der Waals surface area contributed by atoms with Gasteiger partial charge in [-0.25, -0.2) is 0 Å². The first-order valence-corrected chi connectivity index (χ1v) is 8.37. The van der Waals surface area contributed by atoms with E-state index in [2.05, 4.69) is 13.2 Å². The summed E-state index contributed by atoms with van der Waals surface area (Å²) < 4.78 is 0. The molecule has 0 aromatic carbocycles. The summed E-state index contributed by atoms with van der Waals surface area (Å²) in [5, 5.41) is 0. The van der Waals surface area contributed by atoms with Crippen molar-refractivity contribution in [2.75, 3.05) is 31.1 Å². The highest BCUT2D eigenvalue weighted by Crippen LogP contribution is 2.10. The molecule has 0 spiro atoms. The van der Waals surface area contributed by atoms with Crippen molar-refractivity contribution in [3.05, 3.63) is 0 Å². The molecule has 16 heavy (non-hydrogen) atoms. The molecule has 2 atom stereocenters. The minimum absolute atomic E-state index is 0.0787. The average molecular weight is 264 g/mol. The first-order chi connectivity index (χ1) is 7.58. The summed E-state index contributed by atoms with van der Waals surface area (Å²) in [5.74, 6) is 2.00. The zero-order valence-corrected chi connectivity index (χ0v) is 12.4. The second-order valence-corrected chi connectivity index (χ2v) is 5.75. The summed E-state index contributed by atoms with van der Waals surface area (Å²) in [6.07, 6.45) is 5.84. The first-order valence-electron chi connectivity index (χ1n) is 5.58. The Morgan fingerprint density at radius 1 is 1.38 bits per heavy atom. The van der Waals surface area contributed by atoms with Gasteiger partial charge in [-0.2, -0.15) is 23.5 Å². The van der Waals surface area contributed by atoms with Gasteiger partial charge in [0.2, 0.25) is 5.91 Å². The SMILES string of the molecule is CCC(CSC)N(C)C(=O)[C@H](N)CCSC. The van der Waals surface area contributed by atoms with Crippen molar-refractivity contribution >= 4 is 29.4 Å². The number of carbonyl (C=O) groups is 1. The van der Waals surface area contributed by atoms with Crippen LogP contribution >= 0.6 is 23.5 Å². The molecule has 0 radical (unpaired) electrons. The van der Waals surface area contributed by atoms with Crippen molar-refractivity contribution in [1.82, 2.24) is 4.90 Å². The highest BCUT2D eigenvalue weighted by atomic mass is 32.2. The zero-order chi connectivity index (χ0) is 12.6. The second-order valence-electron chi connectivity index (χ2n) is 3.85. The van der Waals surface area contributed by atoms with Crippen molar-refractivity contribution < 1.29 is 4.79 Å². The third-order valence-electron chi connectivity index (χ3n) is 2.68. The van der Waals surface area contributed by atoms with Crippen LogP contribution in [0.5, 0.6) is 0 Å². The molecule has 0 bridgehead atoms. The van der Waals surface area contributed by atoms with Crippen molar-refractivity contribution in [2.45, 2.75) is 31.8 Å². The van der Waals surface area contributed by atoms with E-state index >= 15 is 0 Å². The van der Waals surface area contributed by atoms with Crippen LogP contribution in [0, 0.1) is 0 Å². The van der Waals surface area contributed by atoms with E-state index in [0.717, 1.165) is 24.3 Å². The van der Waals surface area contributed by atoms with Crippen LogP contribution < -0.4 is 5.73 Å². The highest BCUT2D eigenvalue weighted by molar-refractivity contribution is 7.98. The van der Waals surface area contributed by atoms with Gasteiger partial charge < -0.3 is 10.6 Å². The Morgan fingerprint density at radius 3 is 2.44 bits per heavy atom. The molecular formula is C11H24N2OS2. The number of carbonyl (C=O) groups excluding carboxylic acids is 1. The van der Waals surface area contributed by atoms with Crippen LogP contribution in [0.15, 0.2) is 0 Å². The minimum atomic E-state index is -0.339. The van der Waals surface area contributed by atoms with E-state index in [0.29, 0.717) is 6.04 Å². The van der Waals surface area contributed by atoms with Crippen LogP contribution in [0.1, 0.15) is 19.8 Å². The van der Waals surface area contributed by atoms with Crippen molar-refractivity contribution in [3.8, 4) is 0 Å². The van der Waals surface area contributed by atoms with Crippen LogP contribution in [0.2, 0.25) is 0 Å². The summed E-state index contributed by atoms with van der Waals surface area (Å²) in [6, 6.07) is -0.0313. The normalized spacial score (nSPS) is 14.6. The Morgan fingerprint density at radius 2 is 2.00 bits per heavy atom. The van der Waals surface area contributed by atoms with E-state index in [1.807, 2.05) is 18.2 Å². The van der Waals surface area contributed by atoms with E-state index in [-0.39, 0.29) is 11.9 Å². The second kappa shape index (κ2) is 9.19. The summed E-state index contributed by atoms with van der Waals surface area (Å²) in [4.78, 5) is 13.8. The molecule has 1 unspecified atom stereocenters. The summed E-state index contributed by atoms with van der Waals surface area (Å²) in [5.41, 5.74) is 5.88. The monoisotopic (exact) mass is 264 g/mol. The lowest BCUT2D eigenvalue weighted by Crippen LogP contribution is -2.47. The number of amides is 1. The fraction of sp³-hybridized carbons (Fsp3) is 0.909. The molecule has 2 N–H and O–H groups in total. The van der Waals surface area contributed by atoms with Crippen molar-refractivity contribution in [3.63, 3.8) is 0 Å². The maximum absolute atomic E-state index is 12.0. The molecule has 0 heterocycles. The predicted octanol–water partition coefficient (Wildman–Crippen LogP) is 1.67. The van der Waals surface area contributed by atoms with E-state index < -0.39 is 0 Å². The van der Waals surface area contributed by atoms with Crippen LogP contribution in [0.25, 0.3) is 0 Å². The number of hydrogen-bond donors (Lipinski definition) is 1. The number of nitrogens with zero attached hydrogens (tertiary/aromatic N) is 1. The molecule has 0 saturated heterocycles. The van der Waals surface area contributed by atoms with Crippen LogP contribution in [-0.2, 0) is 4.79 Å². The zero-order valence-electron chi connectivity index (χ0n) is 10.7. The van der Waals surface area contributed by atoms with Crippen molar-refractivity contribution in [2.24, 2.45) is 5.73 Å². The lowest BCUT2D eigenvalue weighted by atomic mass is 10.1. The van der Waals surface area contributed by atoms with E-state index in [1.54, 1.807) is 23.5 Å². The Labute approximate surface area is 108 Å². The van der Waals surface area contributed by atoms with Gasteiger partial charge in [-0.05, 0) is 31.1 Å². The van der Waals surface area contributed by atoms with Crippen LogP contribution in [0.4, 0.5) is 0 Å². The van der Waals surface area contributed by atoms with E-state index in [4.69, 9.17) is 5.73 Å². The molecule has 0 aromatic rings. The molecule has 0 aliphatic heterocycles. The fourth-order valence-electron chi connectivity index (χ4n) is 1.51. The molecule has 0 aliphatic rings. The first kappa shape index (κ1) is 16.1. The molecule has 3 nitrogen and oxygen atoms in total. The lowest BCUT2D eigenvalue weighted by molar-refractivity contribution is -0.133. The van der Waals surface area contributed by atoms with E-state index in [1.165, 1.54) is 0 Å². The molecule has 0 aliphatic carbocycles. The number of hydrogen-bond acceptors (Lipinski definition) is 4. The molecule has 0 rings (SSSR count). The third-order valence-corrected chi connectivity index (χ3v) is 4.04. The number of thioether (sulfide) groups is 2. The molecule has 0 aromatic heterocycles. The summed E-state index contributed by atoms with van der Waals surface area (Å²) in [6.45, 7) is 2.11. The standard InChI is InChI=1S/C11H24N2OS2/c1-5-9(8-16-4)13(2)11(14)10(12)6-7-15-3/h9-10H,5-8,12H2,1-4H3/t9?,10-/m1/s1. The van der Waals surface area contributed by atoms with Gasteiger partial charge in [0.15, 0.2) is 0 Å². The van der Waals surface area contributed by atoms with Gasteiger partial charge in [0, 0.05) is 18.8 Å². The summed E-state index contributed by atoms with van der Waals surface area (Å²) >= 11 is 3.50. The molecule has 5 heteroatoms. The maximum atomic E-state index is 12.0. The number of likely N-dealkylation sites (N-methyl/N-ethyl adjacent to an activating group) is 1. The van der Waals surface area contributed by atoms with Gasteiger partial charge in [0.05, 0.1) is 6.04 Å². The molecule has 0 saturated carbocycles.